The smallest absolute Gasteiger partial charge is 0.274 e. The largest absolute Gasteiger partial charge is 0.409 e. The third-order valence-corrected chi connectivity index (χ3v) is 1.74. The van der Waals surface area contributed by atoms with Crippen LogP contribution in [-0.2, 0) is 10.2 Å². The first-order valence-corrected chi connectivity index (χ1v) is 4.66. The average molecular weight is 196 g/mol. The van der Waals surface area contributed by atoms with E-state index in [2.05, 4.69) is 15.0 Å². The molecule has 0 fully saturated rings. The summed E-state index contributed by atoms with van der Waals surface area (Å²) in [5.41, 5.74) is 5.12. The molecule has 0 aliphatic heterocycles. The lowest BCUT2D eigenvalue weighted by Gasteiger charge is -2.09. The summed E-state index contributed by atoms with van der Waals surface area (Å²) < 4.78 is 22.9. The highest BCUT2D eigenvalue weighted by molar-refractivity contribution is 7.87. The Balaban J connectivity index is 4.00. The maximum Gasteiger partial charge on any atom is 0.274 e. The van der Waals surface area contributed by atoms with E-state index in [1.807, 2.05) is 0 Å². The predicted molar refractivity (Wildman–Crippen MR) is 43.7 cm³/mol. The second-order valence-corrected chi connectivity index (χ2v) is 3.69. The molecule has 0 rings (SSSR count). The number of nitrogens with zero attached hydrogens (tertiary/aromatic N) is 1. The van der Waals surface area contributed by atoms with Gasteiger partial charge >= 0.3 is 0 Å². The van der Waals surface area contributed by atoms with Crippen LogP contribution in [0.1, 0.15) is 13.3 Å². The first-order chi connectivity index (χ1) is 5.35. The molecule has 1 atom stereocenters. The minimum absolute atomic E-state index is 0.0568. The molecule has 0 radical (unpaired) electrons. The molecule has 0 saturated carbocycles. The quantitative estimate of drug-likeness (QED) is 0.185. The second kappa shape index (κ2) is 4.24. The van der Waals surface area contributed by atoms with Gasteiger partial charge in [0.25, 0.3) is 10.2 Å². The van der Waals surface area contributed by atoms with Crippen LogP contribution in [0, 0.1) is 0 Å². The van der Waals surface area contributed by atoms with Gasteiger partial charge in [-0.05, 0) is 6.92 Å². The normalized spacial score (nSPS) is 16.0. The zero-order valence-corrected chi connectivity index (χ0v) is 7.37. The van der Waals surface area contributed by atoms with E-state index in [-0.39, 0.29) is 12.3 Å². The Hall–Kier alpha value is -0.860. The highest BCUT2D eigenvalue weighted by atomic mass is 32.2. The van der Waals surface area contributed by atoms with Crippen molar-refractivity contribution in [2.75, 3.05) is 0 Å². The number of nitrogens with one attached hydrogen (secondary N) is 1. The highest BCUT2D eigenvalue weighted by Crippen LogP contribution is 1.90. The van der Waals surface area contributed by atoms with E-state index in [1.54, 1.807) is 6.92 Å². The number of hydrogen-bond donors (Lipinski definition) is 4. The third kappa shape index (κ3) is 5.89. The van der Waals surface area contributed by atoms with Crippen LogP contribution >= 0.6 is 0 Å². The van der Waals surface area contributed by atoms with E-state index < -0.39 is 16.3 Å². The van der Waals surface area contributed by atoms with Crippen molar-refractivity contribution in [2.24, 2.45) is 16.0 Å². The summed E-state index contributed by atoms with van der Waals surface area (Å²) in [5, 5.41) is 15.5. The van der Waals surface area contributed by atoms with Crippen molar-refractivity contribution in [2.45, 2.75) is 19.4 Å². The SMILES string of the molecule is CC(CC(N)=NO)NS(N)(=O)=O. The lowest BCUT2D eigenvalue weighted by atomic mass is 10.2. The highest BCUT2D eigenvalue weighted by Gasteiger charge is 2.10. The zero-order valence-electron chi connectivity index (χ0n) is 6.56. The van der Waals surface area contributed by atoms with Crippen molar-refractivity contribution in [1.82, 2.24) is 4.72 Å². The van der Waals surface area contributed by atoms with Crippen LogP contribution < -0.4 is 15.6 Å². The van der Waals surface area contributed by atoms with Crippen molar-refractivity contribution in [1.29, 1.82) is 0 Å². The molecule has 0 saturated heterocycles. The van der Waals surface area contributed by atoms with E-state index in [0.717, 1.165) is 0 Å². The number of rotatable bonds is 4. The first-order valence-electron chi connectivity index (χ1n) is 3.11. The fourth-order valence-corrected chi connectivity index (χ4v) is 1.32. The van der Waals surface area contributed by atoms with Crippen LogP contribution in [0.25, 0.3) is 0 Å². The molecule has 0 amide bonds. The molecular formula is C4H12N4O3S. The predicted octanol–water partition coefficient (Wildman–Crippen LogP) is -1.70. The van der Waals surface area contributed by atoms with Crippen LogP contribution in [0.2, 0.25) is 0 Å². The Morgan fingerprint density at radius 1 is 1.75 bits per heavy atom. The van der Waals surface area contributed by atoms with Gasteiger partial charge in [-0.1, -0.05) is 5.16 Å². The fraction of sp³-hybridized carbons (Fsp3) is 0.750. The van der Waals surface area contributed by atoms with Crippen molar-refractivity contribution in [3.05, 3.63) is 0 Å². The van der Waals surface area contributed by atoms with E-state index in [0.29, 0.717) is 0 Å². The average Bonchev–Trinajstić information content (AvgIpc) is 1.82. The standard InChI is InChI=1S/C4H12N4O3S/c1-3(2-4(5)7-9)8-12(6,10)11/h3,8-9H,2H2,1H3,(H2,5,7)(H2,6,10,11). The maximum absolute atomic E-state index is 10.4. The number of hydrogen-bond acceptors (Lipinski definition) is 4. The number of nitrogens with two attached hydrogens (primary N) is 2. The number of oxime groups is 1. The molecule has 0 aliphatic rings. The van der Waals surface area contributed by atoms with Gasteiger partial charge in [-0.25, -0.2) is 5.14 Å². The molecular weight excluding hydrogens is 184 g/mol. The van der Waals surface area contributed by atoms with Gasteiger partial charge in [0.15, 0.2) is 0 Å². The summed E-state index contributed by atoms with van der Waals surface area (Å²) in [6.45, 7) is 1.54. The Kier molecular flexibility index (Phi) is 3.93. The van der Waals surface area contributed by atoms with E-state index in [1.165, 1.54) is 0 Å². The Morgan fingerprint density at radius 2 is 2.25 bits per heavy atom. The molecule has 0 spiro atoms. The molecule has 12 heavy (non-hydrogen) atoms. The summed E-state index contributed by atoms with van der Waals surface area (Å²) in [6, 6.07) is -0.490. The van der Waals surface area contributed by atoms with Gasteiger partial charge in [0.05, 0.1) is 0 Å². The Morgan fingerprint density at radius 3 is 2.58 bits per heavy atom. The van der Waals surface area contributed by atoms with E-state index in [4.69, 9.17) is 10.9 Å². The van der Waals surface area contributed by atoms with Crippen LogP contribution in [0.15, 0.2) is 5.16 Å². The summed E-state index contributed by atoms with van der Waals surface area (Å²) in [7, 11) is -3.72. The molecule has 1 unspecified atom stereocenters. The summed E-state index contributed by atoms with van der Waals surface area (Å²) in [5.74, 6) is -0.0568. The van der Waals surface area contributed by atoms with Gasteiger partial charge in [0.2, 0.25) is 0 Å². The monoisotopic (exact) mass is 196 g/mol. The van der Waals surface area contributed by atoms with Crippen molar-refractivity contribution < 1.29 is 13.6 Å². The lowest BCUT2D eigenvalue weighted by Crippen LogP contribution is -2.39. The minimum Gasteiger partial charge on any atom is -0.409 e. The van der Waals surface area contributed by atoms with Gasteiger partial charge in [0.1, 0.15) is 5.84 Å². The summed E-state index contributed by atoms with van der Waals surface area (Å²) >= 11 is 0. The Labute approximate surface area is 70.6 Å². The van der Waals surface area contributed by atoms with E-state index >= 15 is 0 Å². The van der Waals surface area contributed by atoms with Crippen LogP contribution in [0.3, 0.4) is 0 Å². The minimum atomic E-state index is -3.72. The maximum atomic E-state index is 10.4. The first kappa shape index (κ1) is 11.1. The lowest BCUT2D eigenvalue weighted by molar-refractivity contribution is 0.316. The molecule has 7 nitrogen and oxygen atoms in total. The van der Waals surface area contributed by atoms with Gasteiger partial charge in [-0.3, -0.25) is 0 Å². The molecule has 0 aromatic heterocycles. The zero-order chi connectivity index (χ0) is 9.78. The summed E-state index contributed by atoms with van der Waals surface area (Å²) in [6.07, 6.45) is 0.104. The van der Waals surface area contributed by atoms with Crippen LogP contribution in [0.5, 0.6) is 0 Å². The van der Waals surface area contributed by atoms with Crippen molar-refractivity contribution in [3.8, 4) is 0 Å². The molecule has 0 aromatic carbocycles. The van der Waals surface area contributed by atoms with Gasteiger partial charge in [0, 0.05) is 12.5 Å². The third-order valence-electron chi connectivity index (χ3n) is 1.01. The Bertz CT molecular complexity index is 259. The molecule has 0 aromatic rings. The van der Waals surface area contributed by atoms with Crippen molar-refractivity contribution in [3.63, 3.8) is 0 Å². The van der Waals surface area contributed by atoms with Gasteiger partial charge < -0.3 is 10.9 Å². The molecule has 0 bridgehead atoms. The van der Waals surface area contributed by atoms with Gasteiger partial charge in [-0.15, -0.1) is 0 Å². The molecule has 0 heterocycles. The van der Waals surface area contributed by atoms with Gasteiger partial charge in [-0.2, -0.15) is 13.1 Å². The summed E-state index contributed by atoms with van der Waals surface area (Å²) in [4.78, 5) is 0. The molecule has 6 N–H and O–H groups in total. The fourth-order valence-electron chi connectivity index (χ4n) is 0.677. The molecule has 72 valence electrons. The molecule has 0 aliphatic carbocycles. The van der Waals surface area contributed by atoms with Crippen LogP contribution in [0.4, 0.5) is 0 Å². The van der Waals surface area contributed by atoms with E-state index in [9.17, 15) is 8.42 Å². The second-order valence-electron chi connectivity index (χ2n) is 2.36. The van der Waals surface area contributed by atoms with Crippen LogP contribution in [-0.4, -0.2) is 25.5 Å². The topological polar surface area (TPSA) is 131 Å². The molecule has 8 heteroatoms. The van der Waals surface area contributed by atoms with Crippen molar-refractivity contribution >= 4 is 16.0 Å². The number of amidine groups is 1.